The van der Waals surface area contributed by atoms with Crippen molar-refractivity contribution in [2.24, 2.45) is 0 Å². The molecule has 1 N–H and O–H groups in total. The summed E-state index contributed by atoms with van der Waals surface area (Å²) in [6, 6.07) is 22.0. The number of benzene rings is 3. The first-order valence-electron chi connectivity index (χ1n) is 13.7. The predicted molar refractivity (Wildman–Crippen MR) is 151 cm³/mol. The molecule has 1 unspecified atom stereocenters. The average Bonchev–Trinajstić information content (AvgIpc) is 3.54. The van der Waals surface area contributed by atoms with E-state index in [1.807, 2.05) is 75.4 Å². The van der Waals surface area contributed by atoms with E-state index in [1.54, 1.807) is 23.1 Å². The molecule has 1 aliphatic carbocycles. The van der Waals surface area contributed by atoms with Gasteiger partial charge >= 0.3 is 0 Å². The van der Waals surface area contributed by atoms with Crippen LogP contribution in [0, 0.1) is 6.92 Å². The van der Waals surface area contributed by atoms with Crippen LogP contribution >= 0.6 is 0 Å². The summed E-state index contributed by atoms with van der Waals surface area (Å²) in [6.45, 7) is 6.23. The Labute approximate surface area is 229 Å². The number of likely N-dealkylation sites (tertiary alicyclic amines) is 1. The lowest BCUT2D eigenvalue weighted by Crippen LogP contribution is -2.37. The number of rotatable bonds is 8. The zero-order valence-corrected chi connectivity index (χ0v) is 22.7. The zero-order chi connectivity index (χ0) is 27.5. The van der Waals surface area contributed by atoms with Gasteiger partial charge in [0.25, 0.3) is 11.7 Å². The minimum Gasteiger partial charge on any atom is -0.507 e. The van der Waals surface area contributed by atoms with Crippen molar-refractivity contribution in [2.75, 3.05) is 0 Å². The number of aliphatic hydroxyl groups is 1. The molecule has 202 valence electrons. The Morgan fingerprint density at radius 3 is 2.41 bits per heavy atom. The van der Waals surface area contributed by atoms with Gasteiger partial charge in [-0.2, -0.15) is 0 Å². The molecule has 1 heterocycles. The molecule has 6 heteroatoms. The van der Waals surface area contributed by atoms with Gasteiger partial charge in [-0.1, -0.05) is 55.3 Å². The van der Waals surface area contributed by atoms with Gasteiger partial charge < -0.3 is 19.5 Å². The topological polar surface area (TPSA) is 76.1 Å². The maximum Gasteiger partial charge on any atom is 0.295 e. The van der Waals surface area contributed by atoms with Crippen molar-refractivity contribution in [3.63, 3.8) is 0 Å². The molecule has 3 aromatic rings. The quantitative estimate of drug-likeness (QED) is 0.201. The molecule has 3 aromatic carbocycles. The number of ether oxygens (including phenoxy) is 2. The number of carbonyl (C=O) groups excluding carboxylic acids is 2. The van der Waals surface area contributed by atoms with Crippen molar-refractivity contribution in [3.8, 4) is 11.5 Å². The molecule has 1 aliphatic heterocycles. The summed E-state index contributed by atoms with van der Waals surface area (Å²) in [5, 5.41) is 11.5. The van der Waals surface area contributed by atoms with Crippen LogP contribution < -0.4 is 9.47 Å². The molecule has 6 nitrogen and oxygen atoms in total. The lowest BCUT2D eigenvalue weighted by molar-refractivity contribution is -0.141. The first kappa shape index (κ1) is 26.5. The first-order chi connectivity index (χ1) is 18.8. The third kappa shape index (κ3) is 5.56. The molecule has 0 radical (unpaired) electrons. The Bertz CT molecular complexity index is 1390. The predicted octanol–water partition coefficient (Wildman–Crippen LogP) is 6.73. The van der Waals surface area contributed by atoms with Crippen molar-refractivity contribution in [1.82, 2.24) is 4.90 Å². The molecule has 1 amide bonds. The molecule has 2 aliphatic rings. The van der Waals surface area contributed by atoms with E-state index in [-0.39, 0.29) is 23.5 Å². The Balaban J connectivity index is 1.52. The molecular weight excluding hydrogens is 490 g/mol. The fraction of sp³-hybridized carbons (Fsp3) is 0.333. The third-order valence-corrected chi connectivity index (χ3v) is 7.43. The SMILES string of the molecule is Cc1cc(/C(O)=C2\C(=O)C(=O)N(C3CCCC3)C2c2cccc(OC(C)C)c2)ccc1OCc1ccccc1. The lowest BCUT2D eigenvalue weighted by Gasteiger charge is -2.31. The largest absolute Gasteiger partial charge is 0.507 e. The van der Waals surface area contributed by atoms with E-state index in [0.29, 0.717) is 23.7 Å². The van der Waals surface area contributed by atoms with Gasteiger partial charge in [0.15, 0.2) is 0 Å². The van der Waals surface area contributed by atoms with Gasteiger partial charge in [-0.15, -0.1) is 0 Å². The van der Waals surface area contributed by atoms with Crippen LogP contribution in [0.3, 0.4) is 0 Å². The van der Waals surface area contributed by atoms with E-state index in [4.69, 9.17) is 9.47 Å². The molecule has 0 aromatic heterocycles. The molecule has 1 saturated carbocycles. The number of carbonyl (C=O) groups is 2. The van der Waals surface area contributed by atoms with E-state index >= 15 is 0 Å². The fourth-order valence-electron chi connectivity index (χ4n) is 5.62. The van der Waals surface area contributed by atoms with Crippen LogP contribution in [0.15, 0.2) is 78.4 Å². The van der Waals surface area contributed by atoms with Crippen LogP contribution in [0.1, 0.15) is 67.8 Å². The highest BCUT2D eigenvalue weighted by Gasteiger charge is 2.49. The van der Waals surface area contributed by atoms with Gasteiger partial charge in [0.2, 0.25) is 0 Å². The van der Waals surface area contributed by atoms with Gasteiger partial charge in [-0.05, 0) is 80.6 Å². The van der Waals surface area contributed by atoms with E-state index < -0.39 is 17.7 Å². The Morgan fingerprint density at radius 2 is 1.72 bits per heavy atom. The summed E-state index contributed by atoms with van der Waals surface area (Å²) in [4.78, 5) is 28.6. The maximum absolute atomic E-state index is 13.5. The Hall–Kier alpha value is -4.06. The Kier molecular flexibility index (Phi) is 7.73. The number of ketones is 1. The fourth-order valence-corrected chi connectivity index (χ4v) is 5.62. The van der Waals surface area contributed by atoms with Crippen LogP contribution in [0.2, 0.25) is 0 Å². The van der Waals surface area contributed by atoms with Crippen LogP contribution in [-0.2, 0) is 16.2 Å². The number of amides is 1. The standard InChI is InChI=1S/C33H35NO5/c1-21(2)39-27-15-9-12-24(19-27)30-29(32(36)33(37)34(30)26-13-7-8-14-26)31(35)25-16-17-28(22(3)18-25)38-20-23-10-5-4-6-11-23/h4-6,9-12,15-19,21,26,30,35H,7-8,13-14,20H2,1-3H3/b31-29+. The van der Waals surface area contributed by atoms with E-state index in [0.717, 1.165) is 42.4 Å². The molecule has 0 bridgehead atoms. The summed E-state index contributed by atoms with van der Waals surface area (Å²) >= 11 is 0. The van der Waals surface area contributed by atoms with Gasteiger partial charge in [0.1, 0.15) is 23.9 Å². The minimum absolute atomic E-state index is 0.0213. The monoisotopic (exact) mass is 525 g/mol. The van der Waals surface area contributed by atoms with Gasteiger partial charge in [0, 0.05) is 11.6 Å². The summed E-state index contributed by atoms with van der Waals surface area (Å²) < 4.78 is 11.9. The van der Waals surface area contributed by atoms with Crippen molar-refractivity contribution in [2.45, 2.75) is 71.2 Å². The second-order valence-electron chi connectivity index (χ2n) is 10.6. The molecular formula is C33H35NO5. The van der Waals surface area contributed by atoms with E-state index in [1.165, 1.54) is 0 Å². The highest BCUT2D eigenvalue weighted by atomic mass is 16.5. The van der Waals surface area contributed by atoms with Crippen LogP contribution in [0.25, 0.3) is 5.76 Å². The van der Waals surface area contributed by atoms with Crippen molar-refractivity contribution in [1.29, 1.82) is 0 Å². The van der Waals surface area contributed by atoms with E-state index in [9.17, 15) is 14.7 Å². The summed E-state index contributed by atoms with van der Waals surface area (Å²) in [7, 11) is 0. The van der Waals surface area contributed by atoms with Crippen LogP contribution in [-0.4, -0.2) is 33.8 Å². The smallest absolute Gasteiger partial charge is 0.295 e. The normalized spacial score (nSPS) is 19.2. The second kappa shape index (κ2) is 11.4. The number of aryl methyl sites for hydroxylation is 1. The Morgan fingerprint density at radius 1 is 0.974 bits per heavy atom. The van der Waals surface area contributed by atoms with Crippen molar-refractivity contribution in [3.05, 3.63) is 101 Å². The summed E-state index contributed by atoms with van der Waals surface area (Å²) in [5.74, 6) is -0.0243. The zero-order valence-electron chi connectivity index (χ0n) is 22.7. The molecule has 5 rings (SSSR count). The molecule has 2 fully saturated rings. The minimum atomic E-state index is -0.682. The highest BCUT2D eigenvalue weighted by Crippen LogP contribution is 2.44. The number of hydrogen-bond donors (Lipinski definition) is 1. The number of aliphatic hydroxyl groups excluding tert-OH is 1. The first-order valence-corrected chi connectivity index (χ1v) is 13.7. The van der Waals surface area contributed by atoms with Crippen molar-refractivity contribution >= 4 is 17.4 Å². The number of hydrogen-bond acceptors (Lipinski definition) is 5. The third-order valence-electron chi connectivity index (χ3n) is 7.43. The van der Waals surface area contributed by atoms with Gasteiger partial charge in [-0.3, -0.25) is 9.59 Å². The lowest BCUT2D eigenvalue weighted by atomic mass is 9.94. The van der Waals surface area contributed by atoms with Crippen LogP contribution in [0.4, 0.5) is 0 Å². The second-order valence-corrected chi connectivity index (χ2v) is 10.6. The molecule has 0 spiro atoms. The van der Waals surface area contributed by atoms with Gasteiger partial charge in [0.05, 0.1) is 17.7 Å². The van der Waals surface area contributed by atoms with Gasteiger partial charge in [-0.25, -0.2) is 0 Å². The number of nitrogens with zero attached hydrogens (tertiary/aromatic N) is 1. The summed E-state index contributed by atoms with van der Waals surface area (Å²) in [5.41, 5.74) is 3.22. The molecule has 39 heavy (non-hydrogen) atoms. The highest BCUT2D eigenvalue weighted by molar-refractivity contribution is 6.46. The number of Topliss-reactive ketones (excluding diaryl/α,β-unsaturated/α-hetero) is 1. The maximum atomic E-state index is 13.5. The van der Waals surface area contributed by atoms with Crippen LogP contribution in [0.5, 0.6) is 11.5 Å². The molecule has 1 atom stereocenters. The molecule has 1 saturated heterocycles. The van der Waals surface area contributed by atoms with Crippen molar-refractivity contribution < 1.29 is 24.2 Å². The summed E-state index contributed by atoms with van der Waals surface area (Å²) in [6.07, 6.45) is 3.70. The average molecular weight is 526 g/mol. The van der Waals surface area contributed by atoms with E-state index in [2.05, 4.69) is 0 Å².